The third kappa shape index (κ3) is 3.25. The Labute approximate surface area is 147 Å². The second-order valence-electron chi connectivity index (χ2n) is 6.79. The fraction of sp³-hybridized carbons (Fsp3) is 0.286. The number of methoxy groups -OCH3 is 1. The molecule has 1 aliphatic carbocycles. The van der Waals surface area contributed by atoms with Gasteiger partial charge in [0.15, 0.2) is 0 Å². The van der Waals surface area contributed by atoms with Crippen molar-refractivity contribution in [2.45, 2.75) is 32.4 Å². The van der Waals surface area contributed by atoms with Crippen molar-refractivity contribution in [2.75, 3.05) is 7.11 Å². The van der Waals surface area contributed by atoms with Gasteiger partial charge in [-0.3, -0.25) is 4.79 Å². The molecule has 0 spiro atoms. The van der Waals surface area contributed by atoms with Gasteiger partial charge in [-0.15, -0.1) is 0 Å². The van der Waals surface area contributed by atoms with E-state index in [9.17, 15) is 4.79 Å². The minimum Gasteiger partial charge on any atom is -0.497 e. The number of H-pyrrole nitrogens is 1. The lowest BCUT2D eigenvalue weighted by atomic mass is 10.1. The summed E-state index contributed by atoms with van der Waals surface area (Å²) in [5, 5.41) is 1.02. The van der Waals surface area contributed by atoms with E-state index in [-0.39, 0.29) is 5.91 Å². The predicted octanol–water partition coefficient (Wildman–Crippen LogP) is 4.29. The number of fused-ring (bicyclic) bond motifs is 1. The Hall–Kier alpha value is -2.75. The molecule has 0 unspecified atom stereocenters. The topological polar surface area (TPSA) is 45.3 Å². The van der Waals surface area contributed by atoms with E-state index in [0.717, 1.165) is 29.5 Å². The third-order valence-corrected chi connectivity index (χ3v) is 4.78. The van der Waals surface area contributed by atoms with Crippen molar-refractivity contribution in [3.8, 4) is 5.75 Å². The van der Waals surface area contributed by atoms with E-state index in [1.54, 1.807) is 7.11 Å². The molecule has 25 heavy (non-hydrogen) atoms. The van der Waals surface area contributed by atoms with Gasteiger partial charge in [-0.1, -0.05) is 29.8 Å². The van der Waals surface area contributed by atoms with E-state index in [1.165, 1.54) is 11.1 Å². The van der Waals surface area contributed by atoms with Gasteiger partial charge >= 0.3 is 0 Å². The Morgan fingerprint density at radius 1 is 1.16 bits per heavy atom. The van der Waals surface area contributed by atoms with Crippen molar-refractivity contribution in [2.24, 2.45) is 0 Å². The zero-order chi connectivity index (χ0) is 17.4. The summed E-state index contributed by atoms with van der Waals surface area (Å²) in [6.07, 6.45) is 2.18. The van der Waals surface area contributed by atoms with Crippen LogP contribution in [0.5, 0.6) is 5.75 Å². The van der Waals surface area contributed by atoms with Gasteiger partial charge in [0.2, 0.25) is 0 Å². The van der Waals surface area contributed by atoms with Gasteiger partial charge in [-0.2, -0.15) is 0 Å². The van der Waals surface area contributed by atoms with Gasteiger partial charge in [0.25, 0.3) is 5.91 Å². The summed E-state index contributed by atoms with van der Waals surface area (Å²) < 4.78 is 5.26. The Morgan fingerprint density at radius 2 is 1.92 bits per heavy atom. The van der Waals surface area contributed by atoms with Gasteiger partial charge in [0, 0.05) is 29.6 Å². The van der Waals surface area contributed by atoms with E-state index >= 15 is 0 Å². The smallest absolute Gasteiger partial charge is 0.270 e. The number of ether oxygens (including phenoxy) is 1. The molecule has 1 heterocycles. The number of rotatable bonds is 5. The molecule has 3 aromatic rings. The van der Waals surface area contributed by atoms with E-state index in [1.807, 2.05) is 29.2 Å². The average molecular weight is 334 g/mol. The second kappa shape index (κ2) is 6.28. The highest BCUT2D eigenvalue weighted by atomic mass is 16.5. The molecular weight excluding hydrogens is 312 g/mol. The Morgan fingerprint density at radius 3 is 2.60 bits per heavy atom. The Bertz CT molecular complexity index is 907. The number of aryl methyl sites for hydroxylation is 1. The number of hydrogen-bond donors (Lipinski definition) is 1. The molecule has 2 aromatic carbocycles. The molecule has 0 saturated heterocycles. The van der Waals surface area contributed by atoms with Gasteiger partial charge in [0.1, 0.15) is 11.4 Å². The molecule has 1 amide bonds. The van der Waals surface area contributed by atoms with Crippen LogP contribution < -0.4 is 4.74 Å². The molecule has 128 valence electrons. The maximum atomic E-state index is 13.1. The lowest BCUT2D eigenvalue weighted by molar-refractivity contribution is 0.0725. The highest BCUT2D eigenvalue weighted by Crippen LogP contribution is 2.31. The summed E-state index contributed by atoms with van der Waals surface area (Å²) in [6, 6.07) is 16.5. The summed E-state index contributed by atoms with van der Waals surface area (Å²) in [7, 11) is 1.65. The number of carbonyl (C=O) groups is 1. The lowest BCUT2D eigenvalue weighted by Gasteiger charge is -2.22. The summed E-state index contributed by atoms with van der Waals surface area (Å²) in [4.78, 5) is 18.3. The minimum atomic E-state index is 0.0678. The number of aromatic amines is 1. The number of carbonyl (C=O) groups excluding carboxylic acids is 1. The van der Waals surface area contributed by atoms with Crippen LogP contribution in [0.15, 0.2) is 48.5 Å². The Kier molecular flexibility index (Phi) is 3.96. The van der Waals surface area contributed by atoms with Crippen LogP contribution in [-0.2, 0) is 6.54 Å². The molecule has 4 nitrogen and oxygen atoms in total. The minimum absolute atomic E-state index is 0.0678. The monoisotopic (exact) mass is 334 g/mol. The molecule has 4 heteroatoms. The van der Waals surface area contributed by atoms with Gasteiger partial charge in [-0.25, -0.2) is 0 Å². The van der Waals surface area contributed by atoms with Crippen LogP contribution in [0.4, 0.5) is 0 Å². The van der Waals surface area contributed by atoms with Crippen molar-refractivity contribution in [3.63, 3.8) is 0 Å². The highest BCUT2D eigenvalue weighted by molar-refractivity contribution is 5.98. The van der Waals surface area contributed by atoms with Crippen LogP contribution in [0, 0.1) is 6.92 Å². The van der Waals surface area contributed by atoms with E-state index in [0.29, 0.717) is 18.3 Å². The molecule has 4 rings (SSSR count). The molecular formula is C21H22N2O2. The molecule has 1 aromatic heterocycles. The fourth-order valence-electron chi connectivity index (χ4n) is 3.15. The SMILES string of the molecule is COc1ccc2cc(C(=O)N(Cc3ccc(C)cc3)C3CC3)[nH]c2c1. The first kappa shape index (κ1) is 15.8. The maximum Gasteiger partial charge on any atom is 0.270 e. The van der Waals surface area contributed by atoms with Gasteiger partial charge in [-0.05, 0) is 43.5 Å². The quantitative estimate of drug-likeness (QED) is 0.756. The standard InChI is InChI=1S/C21H22N2O2/c1-14-3-5-15(6-4-14)13-23(17-8-9-17)21(24)20-11-16-7-10-18(25-2)12-19(16)22-20/h3-7,10-12,17,22H,8-9,13H2,1-2H3. The van der Waals surface area contributed by atoms with Crippen molar-refractivity contribution >= 4 is 16.8 Å². The van der Waals surface area contributed by atoms with Crippen molar-refractivity contribution < 1.29 is 9.53 Å². The summed E-state index contributed by atoms with van der Waals surface area (Å²) >= 11 is 0. The molecule has 0 atom stereocenters. The molecule has 1 N–H and O–H groups in total. The van der Waals surface area contributed by atoms with E-state index < -0.39 is 0 Å². The van der Waals surface area contributed by atoms with Gasteiger partial charge in [0.05, 0.1) is 7.11 Å². The van der Waals surface area contributed by atoms with Crippen LogP contribution in [0.25, 0.3) is 10.9 Å². The summed E-state index contributed by atoms with van der Waals surface area (Å²) in [5.41, 5.74) is 3.97. The number of aromatic nitrogens is 1. The zero-order valence-electron chi connectivity index (χ0n) is 14.6. The molecule has 0 aliphatic heterocycles. The fourth-order valence-corrected chi connectivity index (χ4v) is 3.15. The van der Waals surface area contributed by atoms with Crippen LogP contribution in [0.3, 0.4) is 0 Å². The highest BCUT2D eigenvalue weighted by Gasteiger charge is 2.33. The molecule has 1 aliphatic rings. The molecule has 0 radical (unpaired) electrons. The van der Waals surface area contributed by atoms with Crippen molar-refractivity contribution in [1.82, 2.24) is 9.88 Å². The molecule has 1 fully saturated rings. The maximum absolute atomic E-state index is 13.1. The second-order valence-corrected chi connectivity index (χ2v) is 6.79. The number of hydrogen-bond acceptors (Lipinski definition) is 2. The van der Waals surface area contributed by atoms with Gasteiger partial charge < -0.3 is 14.6 Å². The van der Waals surface area contributed by atoms with Crippen LogP contribution in [0.1, 0.15) is 34.5 Å². The van der Waals surface area contributed by atoms with E-state index in [2.05, 4.69) is 36.2 Å². The van der Waals surface area contributed by atoms with Crippen LogP contribution in [-0.4, -0.2) is 28.9 Å². The first-order valence-electron chi connectivity index (χ1n) is 8.67. The van der Waals surface area contributed by atoms with Crippen molar-refractivity contribution in [1.29, 1.82) is 0 Å². The third-order valence-electron chi connectivity index (χ3n) is 4.78. The first-order valence-corrected chi connectivity index (χ1v) is 8.67. The van der Waals surface area contributed by atoms with Crippen molar-refractivity contribution in [3.05, 3.63) is 65.4 Å². The lowest BCUT2D eigenvalue weighted by Crippen LogP contribution is -2.32. The van der Waals surface area contributed by atoms with Crippen LogP contribution >= 0.6 is 0 Å². The number of nitrogens with zero attached hydrogens (tertiary/aromatic N) is 1. The average Bonchev–Trinajstić information content (AvgIpc) is 3.38. The van der Waals surface area contributed by atoms with Crippen LogP contribution in [0.2, 0.25) is 0 Å². The summed E-state index contributed by atoms with van der Waals surface area (Å²) in [6.45, 7) is 2.73. The van der Waals surface area contributed by atoms with E-state index in [4.69, 9.17) is 4.74 Å². The number of nitrogens with one attached hydrogen (secondary N) is 1. The molecule has 0 bridgehead atoms. The number of benzene rings is 2. The largest absolute Gasteiger partial charge is 0.497 e. The Balaban J connectivity index is 1.61. The zero-order valence-corrected chi connectivity index (χ0v) is 14.6. The number of amides is 1. The normalized spacial score (nSPS) is 13.8. The summed E-state index contributed by atoms with van der Waals surface area (Å²) in [5.74, 6) is 0.852. The predicted molar refractivity (Wildman–Crippen MR) is 98.9 cm³/mol. The first-order chi connectivity index (χ1) is 12.1. The molecule has 1 saturated carbocycles.